The monoisotopic (exact) mass is 230 g/mol. The molecule has 0 aromatic heterocycles. The Morgan fingerprint density at radius 2 is 1.94 bits per heavy atom. The van der Waals surface area contributed by atoms with Crippen molar-refractivity contribution in [2.75, 3.05) is 7.11 Å². The Bertz CT molecular complexity index is 408. The summed E-state index contributed by atoms with van der Waals surface area (Å²) in [7, 11) is 1.45. The molecular formula is C15H18O2. The molecule has 0 heterocycles. The van der Waals surface area contributed by atoms with Gasteiger partial charge >= 0.3 is 5.97 Å². The summed E-state index contributed by atoms with van der Waals surface area (Å²) in [6, 6.07) is 10.4. The number of ether oxygens (including phenoxy) is 1. The maximum absolute atomic E-state index is 11.6. The van der Waals surface area contributed by atoms with Crippen molar-refractivity contribution in [3.8, 4) is 0 Å². The van der Waals surface area contributed by atoms with E-state index < -0.39 is 0 Å². The predicted molar refractivity (Wildman–Crippen MR) is 67.6 cm³/mol. The molecule has 0 saturated heterocycles. The molecule has 0 aliphatic heterocycles. The Hall–Kier alpha value is -1.57. The van der Waals surface area contributed by atoms with E-state index in [1.807, 2.05) is 24.3 Å². The van der Waals surface area contributed by atoms with Gasteiger partial charge in [0.05, 0.1) is 13.0 Å². The van der Waals surface area contributed by atoms with E-state index in [0.717, 1.165) is 6.42 Å². The topological polar surface area (TPSA) is 26.3 Å². The second-order valence-corrected chi connectivity index (χ2v) is 4.63. The molecule has 90 valence electrons. The molecule has 0 saturated carbocycles. The lowest BCUT2D eigenvalue weighted by molar-refractivity contribution is -0.144. The van der Waals surface area contributed by atoms with Gasteiger partial charge in [0.25, 0.3) is 0 Å². The van der Waals surface area contributed by atoms with Gasteiger partial charge in [-0.3, -0.25) is 4.79 Å². The Balaban J connectivity index is 2.19. The summed E-state index contributed by atoms with van der Waals surface area (Å²) < 4.78 is 4.82. The van der Waals surface area contributed by atoms with Crippen LogP contribution in [0.1, 0.15) is 24.8 Å². The minimum atomic E-state index is -0.130. The average molecular weight is 230 g/mol. The van der Waals surface area contributed by atoms with Crippen LogP contribution in [0.5, 0.6) is 0 Å². The standard InChI is InChI=1S/C15H18O2/c1-11-8-9-13(15(16)17-2)10-14(11)12-6-4-3-5-7-12/h3-9,11,13-14H,10H2,1-2H3. The van der Waals surface area contributed by atoms with Crippen LogP contribution in [0.2, 0.25) is 0 Å². The van der Waals surface area contributed by atoms with Crippen LogP contribution in [0.15, 0.2) is 42.5 Å². The zero-order valence-electron chi connectivity index (χ0n) is 10.3. The maximum atomic E-state index is 11.6. The minimum absolute atomic E-state index is 0.0959. The molecule has 0 amide bonds. The highest BCUT2D eigenvalue weighted by molar-refractivity contribution is 5.74. The van der Waals surface area contributed by atoms with Crippen LogP contribution in [-0.2, 0) is 9.53 Å². The summed E-state index contributed by atoms with van der Waals surface area (Å²) in [6.07, 6.45) is 4.95. The summed E-state index contributed by atoms with van der Waals surface area (Å²) in [5, 5.41) is 0. The van der Waals surface area contributed by atoms with Gasteiger partial charge < -0.3 is 4.74 Å². The van der Waals surface area contributed by atoms with Crippen LogP contribution in [0.4, 0.5) is 0 Å². The number of benzene rings is 1. The van der Waals surface area contributed by atoms with Crippen molar-refractivity contribution in [3.05, 3.63) is 48.0 Å². The molecule has 0 fully saturated rings. The highest BCUT2D eigenvalue weighted by Gasteiger charge is 2.29. The van der Waals surface area contributed by atoms with E-state index in [0.29, 0.717) is 11.8 Å². The number of carbonyl (C=O) groups excluding carboxylic acids is 1. The van der Waals surface area contributed by atoms with Gasteiger partial charge in [0.2, 0.25) is 0 Å². The second kappa shape index (κ2) is 5.17. The summed E-state index contributed by atoms with van der Waals surface area (Å²) >= 11 is 0. The Morgan fingerprint density at radius 1 is 1.24 bits per heavy atom. The number of allylic oxidation sites excluding steroid dienone is 1. The van der Waals surface area contributed by atoms with Crippen LogP contribution < -0.4 is 0 Å². The van der Waals surface area contributed by atoms with Gasteiger partial charge in [0.1, 0.15) is 0 Å². The third kappa shape index (κ3) is 2.57. The van der Waals surface area contributed by atoms with Crippen molar-refractivity contribution in [2.45, 2.75) is 19.3 Å². The normalized spacial score (nSPS) is 27.8. The molecule has 1 aliphatic carbocycles. The lowest BCUT2D eigenvalue weighted by atomic mass is 9.76. The lowest BCUT2D eigenvalue weighted by Crippen LogP contribution is -2.23. The number of rotatable bonds is 2. The molecule has 3 atom stereocenters. The molecule has 2 rings (SSSR count). The fraction of sp³-hybridized carbons (Fsp3) is 0.400. The van der Waals surface area contributed by atoms with Crippen molar-refractivity contribution in [2.24, 2.45) is 11.8 Å². The molecule has 3 unspecified atom stereocenters. The maximum Gasteiger partial charge on any atom is 0.312 e. The van der Waals surface area contributed by atoms with E-state index in [4.69, 9.17) is 4.74 Å². The Morgan fingerprint density at radius 3 is 2.59 bits per heavy atom. The number of carbonyl (C=O) groups is 1. The van der Waals surface area contributed by atoms with Gasteiger partial charge in [-0.15, -0.1) is 0 Å². The molecule has 2 nitrogen and oxygen atoms in total. The summed E-state index contributed by atoms with van der Waals surface area (Å²) in [5.74, 6) is 0.652. The van der Waals surface area contributed by atoms with Crippen molar-refractivity contribution in [1.29, 1.82) is 0 Å². The molecule has 2 heteroatoms. The molecule has 1 aromatic rings. The van der Waals surface area contributed by atoms with Crippen LogP contribution in [0.25, 0.3) is 0 Å². The van der Waals surface area contributed by atoms with Crippen molar-refractivity contribution in [3.63, 3.8) is 0 Å². The van der Waals surface area contributed by atoms with Gasteiger partial charge in [0, 0.05) is 0 Å². The van der Waals surface area contributed by atoms with Gasteiger partial charge in [0.15, 0.2) is 0 Å². The van der Waals surface area contributed by atoms with E-state index in [-0.39, 0.29) is 11.9 Å². The second-order valence-electron chi connectivity index (χ2n) is 4.63. The zero-order chi connectivity index (χ0) is 12.3. The highest BCUT2D eigenvalue weighted by Crippen LogP contribution is 2.36. The third-order valence-corrected chi connectivity index (χ3v) is 3.52. The molecule has 17 heavy (non-hydrogen) atoms. The zero-order valence-corrected chi connectivity index (χ0v) is 10.3. The van der Waals surface area contributed by atoms with Crippen LogP contribution in [-0.4, -0.2) is 13.1 Å². The minimum Gasteiger partial charge on any atom is -0.469 e. The van der Waals surface area contributed by atoms with Gasteiger partial charge in [-0.05, 0) is 23.8 Å². The van der Waals surface area contributed by atoms with E-state index in [2.05, 4.69) is 25.1 Å². The van der Waals surface area contributed by atoms with Crippen LogP contribution in [0, 0.1) is 11.8 Å². The largest absolute Gasteiger partial charge is 0.469 e. The van der Waals surface area contributed by atoms with Crippen molar-refractivity contribution < 1.29 is 9.53 Å². The van der Waals surface area contributed by atoms with Gasteiger partial charge in [-0.1, -0.05) is 49.4 Å². The number of methoxy groups -OCH3 is 1. The van der Waals surface area contributed by atoms with E-state index in [1.54, 1.807) is 0 Å². The predicted octanol–water partition coefficient (Wildman–Crippen LogP) is 3.16. The number of hydrogen-bond donors (Lipinski definition) is 0. The van der Waals surface area contributed by atoms with Gasteiger partial charge in [-0.2, -0.15) is 0 Å². The summed E-state index contributed by atoms with van der Waals surface area (Å²) in [4.78, 5) is 11.6. The first-order valence-electron chi connectivity index (χ1n) is 6.03. The Kier molecular flexibility index (Phi) is 3.62. The van der Waals surface area contributed by atoms with Crippen LogP contribution >= 0.6 is 0 Å². The first-order chi connectivity index (χ1) is 8.22. The molecule has 0 bridgehead atoms. The third-order valence-electron chi connectivity index (χ3n) is 3.52. The molecule has 1 aliphatic rings. The van der Waals surface area contributed by atoms with E-state index in [1.165, 1.54) is 12.7 Å². The SMILES string of the molecule is COC(=O)C1C=CC(C)C(c2ccccc2)C1. The molecule has 0 radical (unpaired) electrons. The van der Waals surface area contributed by atoms with Crippen LogP contribution in [0.3, 0.4) is 0 Å². The van der Waals surface area contributed by atoms with E-state index in [9.17, 15) is 4.79 Å². The average Bonchev–Trinajstić information content (AvgIpc) is 2.39. The van der Waals surface area contributed by atoms with Crippen molar-refractivity contribution >= 4 is 5.97 Å². The number of hydrogen-bond acceptors (Lipinski definition) is 2. The molecule has 1 aromatic carbocycles. The fourth-order valence-electron chi connectivity index (χ4n) is 2.48. The number of esters is 1. The van der Waals surface area contributed by atoms with Crippen molar-refractivity contribution in [1.82, 2.24) is 0 Å². The Labute approximate surface area is 102 Å². The molecule has 0 N–H and O–H groups in total. The first kappa shape index (κ1) is 11.9. The van der Waals surface area contributed by atoms with Gasteiger partial charge in [-0.25, -0.2) is 0 Å². The quantitative estimate of drug-likeness (QED) is 0.576. The lowest BCUT2D eigenvalue weighted by Gasteiger charge is -2.28. The molecule has 0 spiro atoms. The summed E-state index contributed by atoms with van der Waals surface area (Å²) in [5.41, 5.74) is 1.30. The van der Waals surface area contributed by atoms with E-state index >= 15 is 0 Å². The summed E-state index contributed by atoms with van der Waals surface area (Å²) in [6.45, 7) is 2.20. The highest BCUT2D eigenvalue weighted by atomic mass is 16.5. The molecular weight excluding hydrogens is 212 g/mol. The fourth-order valence-corrected chi connectivity index (χ4v) is 2.48. The first-order valence-corrected chi connectivity index (χ1v) is 6.03. The smallest absolute Gasteiger partial charge is 0.312 e.